The monoisotopic (exact) mass is 185 g/mol. The second-order valence-electron chi connectivity index (χ2n) is 4.73. The highest BCUT2D eigenvalue weighted by atomic mass is 16.5. The Morgan fingerprint density at radius 3 is 2.46 bits per heavy atom. The molecule has 1 saturated heterocycles. The molecule has 0 aromatic carbocycles. The third-order valence-corrected chi connectivity index (χ3v) is 2.57. The first kappa shape index (κ1) is 11.0. The zero-order chi connectivity index (χ0) is 9.84. The smallest absolute Gasteiger partial charge is 0.0714 e. The summed E-state index contributed by atoms with van der Waals surface area (Å²) in [4.78, 5) is 2.49. The molecular weight excluding hydrogens is 162 g/mol. The van der Waals surface area contributed by atoms with E-state index in [1.54, 1.807) is 0 Å². The van der Waals surface area contributed by atoms with Crippen molar-refractivity contribution < 1.29 is 4.74 Å². The average Bonchev–Trinajstić information content (AvgIpc) is 2.48. The quantitative estimate of drug-likeness (QED) is 0.665. The van der Waals surface area contributed by atoms with Crippen molar-refractivity contribution in [3.63, 3.8) is 0 Å². The van der Waals surface area contributed by atoms with E-state index in [1.807, 2.05) is 0 Å². The lowest BCUT2D eigenvalue weighted by molar-refractivity contribution is 0.0397. The van der Waals surface area contributed by atoms with E-state index in [0.29, 0.717) is 18.1 Å². The molecule has 13 heavy (non-hydrogen) atoms. The fraction of sp³-hybridized carbons (Fsp3) is 1.00. The lowest BCUT2D eigenvalue weighted by atomic mass is 10.2. The SMILES string of the molecule is CC(C)CO[C@@H]1CCN(C(C)C)C1. The molecule has 1 aliphatic rings. The first-order valence-corrected chi connectivity index (χ1v) is 5.45. The topological polar surface area (TPSA) is 12.5 Å². The molecule has 1 fully saturated rings. The third kappa shape index (κ3) is 3.65. The summed E-state index contributed by atoms with van der Waals surface area (Å²) in [5.74, 6) is 0.660. The van der Waals surface area contributed by atoms with Gasteiger partial charge in [-0.3, -0.25) is 4.90 Å². The van der Waals surface area contributed by atoms with Gasteiger partial charge in [0.15, 0.2) is 0 Å². The van der Waals surface area contributed by atoms with Crippen LogP contribution in [0.25, 0.3) is 0 Å². The zero-order valence-electron chi connectivity index (χ0n) is 9.42. The van der Waals surface area contributed by atoms with Gasteiger partial charge in [-0.25, -0.2) is 0 Å². The van der Waals surface area contributed by atoms with E-state index in [-0.39, 0.29) is 0 Å². The van der Waals surface area contributed by atoms with E-state index in [1.165, 1.54) is 13.0 Å². The Balaban J connectivity index is 2.17. The van der Waals surface area contributed by atoms with Crippen LogP contribution in [0.4, 0.5) is 0 Å². The zero-order valence-corrected chi connectivity index (χ0v) is 9.42. The van der Waals surface area contributed by atoms with E-state index in [9.17, 15) is 0 Å². The van der Waals surface area contributed by atoms with Crippen LogP contribution in [0.3, 0.4) is 0 Å². The Kier molecular flexibility index (Phi) is 4.20. The molecule has 0 radical (unpaired) electrons. The number of ether oxygens (including phenoxy) is 1. The summed E-state index contributed by atoms with van der Waals surface area (Å²) in [6.45, 7) is 12.2. The second kappa shape index (κ2) is 4.97. The van der Waals surface area contributed by atoms with E-state index >= 15 is 0 Å². The molecule has 0 amide bonds. The molecule has 0 aromatic heterocycles. The van der Waals surface area contributed by atoms with Crippen molar-refractivity contribution in [2.45, 2.75) is 46.3 Å². The van der Waals surface area contributed by atoms with Crippen molar-refractivity contribution in [2.75, 3.05) is 19.7 Å². The Labute approximate surface area is 82.3 Å². The Bertz CT molecular complexity index is 145. The van der Waals surface area contributed by atoms with Crippen LogP contribution in [0.5, 0.6) is 0 Å². The van der Waals surface area contributed by atoms with Gasteiger partial charge in [-0.1, -0.05) is 13.8 Å². The van der Waals surface area contributed by atoms with Crippen molar-refractivity contribution >= 4 is 0 Å². The maximum atomic E-state index is 5.80. The largest absolute Gasteiger partial charge is 0.377 e. The Morgan fingerprint density at radius 2 is 2.00 bits per heavy atom. The molecule has 0 N–H and O–H groups in total. The van der Waals surface area contributed by atoms with E-state index in [2.05, 4.69) is 32.6 Å². The molecule has 78 valence electrons. The van der Waals surface area contributed by atoms with Crippen molar-refractivity contribution in [1.82, 2.24) is 4.90 Å². The van der Waals surface area contributed by atoms with Gasteiger partial charge in [-0.15, -0.1) is 0 Å². The number of likely N-dealkylation sites (tertiary alicyclic amines) is 1. The van der Waals surface area contributed by atoms with Gasteiger partial charge in [0.25, 0.3) is 0 Å². The highest BCUT2D eigenvalue weighted by molar-refractivity contribution is 4.78. The lowest BCUT2D eigenvalue weighted by Crippen LogP contribution is -2.30. The van der Waals surface area contributed by atoms with E-state index in [4.69, 9.17) is 4.74 Å². The minimum atomic E-state index is 0.491. The fourth-order valence-corrected chi connectivity index (χ4v) is 1.69. The molecular formula is C11H23NO. The molecule has 1 aliphatic heterocycles. The molecule has 0 unspecified atom stereocenters. The molecule has 0 bridgehead atoms. The van der Waals surface area contributed by atoms with Gasteiger partial charge in [-0.2, -0.15) is 0 Å². The van der Waals surface area contributed by atoms with E-state index < -0.39 is 0 Å². The molecule has 2 nitrogen and oxygen atoms in total. The first-order valence-electron chi connectivity index (χ1n) is 5.45. The number of rotatable bonds is 4. The molecule has 0 saturated carbocycles. The average molecular weight is 185 g/mol. The first-order chi connectivity index (χ1) is 6.09. The van der Waals surface area contributed by atoms with Gasteiger partial charge >= 0.3 is 0 Å². The minimum Gasteiger partial charge on any atom is -0.377 e. The van der Waals surface area contributed by atoms with Gasteiger partial charge in [-0.05, 0) is 26.2 Å². The lowest BCUT2D eigenvalue weighted by Gasteiger charge is -2.20. The number of hydrogen-bond acceptors (Lipinski definition) is 2. The van der Waals surface area contributed by atoms with E-state index in [0.717, 1.165) is 13.2 Å². The van der Waals surface area contributed by atoms with Crippen LogP contribution in [0.1, 0.15) is 34.1 Å². The van der Waals surface area contributed by atoms with Gasteiger partial charge in [0.05, 0.1) is 6.10 Å². The van der Waals surface area contributed by atoms with Crippen molar-refractivity contribution in [3.05, 3.63) is 0 Å². The number of nitrogens with zero attached hydrogens (tertiary/aromatic N) is 1. The summed E-state index contributed by atoms with van der Waals surface area (Å²) in [6, 6.07) is 0.674. The summed E-state index contributed by atoms with van der Waals surface area (Å²) < 4.78 is 5.80. The van der Waals surface area contributed by atoms with Gasteiger partial charge < -0.3 is 4.74 Å². The van der Waals surface area contributed by atoms with Gasteiger partial charge in [0, 0.05) is 25.7 Å². The van der Waals surface area contributed by atoms with Crippen LogP contribution in [-0.4, -0.2) is 36.7 Å². The van der Waals surface area contributed by atoms with Crippen LogP contribution < -0.4 is 0 Å². The highest BCUT2D eigenvalue weighted by Gasteiger charge is 2.24. The van der Waals surface area contributed by atoms with Crippen molar-refractivity contribution in [1.29, 1.82) is 0 Å². The molecule has 2 heteroatoms. The minimum absolute atomic E-state index is 0.491. The second-order valence-corrected chi connectivity index (χ2v) is 4.73. The predicted molar refractivity (Wildman–Crippen MR) is 55.9 cm³/mol. The van der Waals surface area contributed by atoms with Crippen LogP contribution >= 0.6 is 0 Å². The van der Waals surface area contributed by atoms with Crippen LogP contribution in [0.2, 0.25) is 0 Å². The van der Waals surface area contributed by atoms with Crippen LogP contribution in [0, 0.1) is 5.92 Å². The van der Waals surface area contributed by atoms with Gasteiger partial charge in [0.2, 0.25) is 0 Å². The summed E-state index contributed by atoms with van der Waals surface area (Å²) >= 11 is 0. The Morgan fingerprint density at radius 1 is 1.31 bits per heavy atom. The summed E-state index contributed by atoms with van der Waals surface area (Å²) in [5.41, 5.74) is 0. The summed E-state index contributed by atoms with van der Waals surface area (Å²) in [5, 5.41) is 0. The maximum absolute atomic E-state index is 5.80. The standard InChI is InChI=1S/C11H23NO/c1-9(2)8-13-11-5-6-12(7-11)10(3)4/h9-11H,5-8H2,1-4H3/t11-/m1/s1. The third-order valence-electron chi connectivity index (χ3n) is 2.57. The number of hydrogen-bond donors (Lipinski definition) is 0. The molecule has 1 rings (SSSR count). The van der Waals surface area contributed by atoms with Gasteiger partial charge in [0.1, 0.15) is 0 Å². The highest BCUT2D eigenvalue weighted by Crippen LogP contribution is 2.15. The summed E-state index contributed by atoms with van der Waals surface area (Å²) in [7, 11) is 0. The molecule has 0 aromatic rings. The van der Waals surface area contributed by atoms with Crippen molar-refractivity contribution in [2.24, 2.45) is 5.92 Å². The molecule has 0 spiro atoms. The Hall–Kier alpha value is -0.0800. The fourth-order valence-electron chi connectivity index (χ4n) is 1.69. The molecule has 1 heterocycles. The maximum Gasteiger partial charge on any atom is 0.0714 e. The van der Waals surface area contributed by atoms with Crippen molar-refractivity contribution in [3.8, 4) is 0 Å². The summed E-state index contributed by atoms with van der Waals surface area (Å²) in [6.07, 6.45) is 1.70. The predicted octanol–water partition coefficient (Wildman–Crippen LogP) is 2.14. The normalized spacial score (nSPS) is 24.9. The van der Waals surface area contributed by atoms with Crippen LogP contribution in [-0.2, 0) is 4.74 Å². The molecule has 1 atom stereocenters. The van der Waals surface area contributed by atoms with Crippen LogP contribution in [0.15, 0.2) is 0 Å². The molecule has 0 aliphatic carbocycles.